The first-order valence-corrected chi connectivity index (χ1v) is 10.6. The molecule has 1 saturated heterocycles. The van der Waals surface area contributed by atoms with Crippen molar-refractivity contribution in [3.8, 4) is 0 Å². The standard InChI is InChI=1S/C15H16BrN3O4S2/c16-14-5-6-15(24-14)25(22,23)18-9-7-17(8-10-18)11-12-1-3-13(4-2-12)19(20)21/h1-6H,7-11H2. The second-order valence-corrected chi connectivity index (χ2v) is 10.3. The van der Waals surface area contributed by atoms with Crippen molar-refractivity contribution in [3.05, 3.63) is 55.9 Å². The second-order valence-electron chi connectivity index (χ2n) is 5.66. The lowest BCUT2D eigenvalue weighted by Crippen LogP contribution is -2.48. The van der Waals surface area contributed by atoms with E-state index in [2.05, 4.69) is 20.8 Å². The van der Waals surface area contributed by atoms with Gasteiger partial charge in [-0.2, -0.15) is 4.31 Å². The van der Waals surface area contributed by atoms with Crippen LogP contribution in [-0.4, -0.2) is 48.7 Å². The Hall–Kier alpha value is -1.33. The molecule has 0 saturated carbocycles. The summed E-state index contributed by atoms with van der Waals surface area (Å²) >= 11 is 4.51. The lowest BCUT2D eigenvalue weighted by Gasteiger charge is -2.33. The average Bonchev–Trinajstić information content (AvgIpc) is 3.03. The van der Waals surface area contributed by atoms with Gasteiger partial charge in [0.05, 0.1) is 8.71 Å². The molecule has 1 aromatic carbocycles. The summed E-state index contributed by atoms with van der Waals surface area (Å²) in [5.74, 6) is 0. The Labute approximate surface area is 158 Å². The third kappa shape index (κ3) is 4.26. The van der Waals surface area contributed by atoms with Gasteiger partial charge in [0.2, 0.25) is 0 Å². The van der Waals surface area contributed by atoms with Gasteiger partial charge in [-0.1, -0.05) is 12.1 Å². The molecule has 7 nitrogen and oxygen atoms in total. The van der Waals surface area contributed by atoms with Crippen molar-refractivity contribution in [2.45, 2.75) is 10.8 Å². The van der Waals surface area contributed by atoms with Crippen LogP contribution in [0.15, 0.2) is 44.4 Å². The molecular weight excluding hydrogens is 430 g/mol. The van der Waals surface area contributed by atoms with Crippen LogP contribution >= 0.6 is 27.3 Å². The SMILES string of the molecule is O=[N+]([O-])c1ccc(CN2CCN(S(=O)(=O)c3ccc(Br)s3)CC2)cc1. The molecule has 10 heteroatoms. The van der Waals surface area contributed by atoms with Crippen molar-refractivity contribution in [3.63, 3.8) is 0 Å². The van der Waals surface area contributed by atoms with Crippen LogP contribution < -0.4 is 0 Å². The monoisotopic (exact) mass is 445 g/mol. The van der Waals surface area contributed by atoms with Crippen LogP contribution in [0.1, 0.15) is 5.56 Å². The molecule has 1 aliphatic rings. The maximum atomic E-state index is 12.6. The van der Waals surface area contributed by atoms with Crippen molar-refractivity contribution < 1.29 is 13.3 Å². The van der Waals surface area contributed by atoms with Crippen LogP contribution in [0, 0.1) is 10.1 Å². The van der Waals surface area contributed by atoms with Crippen molar-refractivity contribution in [1.29, 1.82) is 0 Å². The van der Waals surface area contributed by atoms with Crippen LogP contribution in [-0.2, 0) is 16.6 Å². The van der Waals surface area contributed by atoms with E-state index in [0.29, 0.717) is 36.9 Å². The minimum absolute atomic E-state index is 0.0711. The van der Waals surface area contributed by atoms with Crippen LogP contribution in [0.2, 0.25) is 0 Å². The van der Waals surface area contributed by atoms with Crippen LogP contribution in [0.5, 0.6) is 0 Å². The van der Waals surface area contributed by atoms with E-state index in [1.165, 1.54) is 27.8 Å². The first kappa shape index (κ1) is 18.5. The van der Waals surface area contributed by atoms with Crippen molar-refractivity contribution in [1.82, 2.24) is 9.21 Å². The van der Waals surface area contributed by atoms with Crippen LogP contribution in [0.25, 0.3) is 0 Å². The van der Waals surface area contributed by atoms with Crippen molar-refractivity contribution in [2.75, 3.05) is 26.2 Å². The number of sulfonamides is 1. The average molecular weight is 446 g/mol. The Kier molecular flexibility index (Phi) is 5.54. The normalized spacial score (nSPS) is 16.8. The van der Waals surface area contributed by atoms with Gasteiger partial charge in [0.1, 0.15) is 4.21 Å². The van der Waals surface area contributed by atoms with Crippen molar-refractivity contribution in [2.24, 2.45) is 0 Å². The van der Waals surface area contributed by atoms with E-state index in [0.717, 1.165) is 9.35 Å². The lowest BCUT2D eigenvalue weighted by molar-refractivity contribution is -0.384. The summed E-state index contributed by atoms with van der Waals surface area (Å²) in [5.41, 5.74) is 1.05. The van der Waals surface area contributed by atoms with Gasteiger partial charge in [-0.15, -0.1) is 11.3 Å². The number of nitro benzene ring substituents is 1. The Bertz CT molecular complexity index is 859. The number of halogens is 1. The van der Waals surface area contributed by atoms with E-state index >= 15 is 0 Å². The number of rotatable bonds is 5. The van der Waals surface area contributed by atoms with Crippen LogP contribution in [0.3, 0.4) is 0 Å². The summed E-state index contributed by atoms with van der Waals surface area (Å²) in [4.78, 5) is 12.4. The van der Waals surface area contributed by atoms with Crippen molar-refractivity contribution >= 4 is 43.0 Å². The number of hydrogen-bond acceptors (Lipinski definition) is 6. The fourth-order valence-electron chi connectivity index (χ4n) is 2.67. The number of nitrogens with zero attached hydrogens (tertiary/aromatic N) is 3. The van der Waals surface area contributed by atoms with E-state index in [1.807, 2.05) is 0 Å². The summed E-state index contributed by atoms with van der Waals surface area (Å²) in [6.45, 7) is 2.78. The number of hydrogen-bond donors (Lipinski definition) is 0. The topological polar surface area (TPSA) is 83.8 Å². The van der Waals surface area contributed by atoms with Crippen LogP contribution in [0.4, 0.5) is 5.69 Å². The zero-order valence-corrected chi connectivity index (χ0v) is 16.4. The quantitative estimate of drug-likeness (QED) is 0.521. The molecule has 0 radical (unpaired) electrons. The molecule has 1 aliphatic heterocycles. The Balaban J connectivity index is 1.59. The molecule has 1 aromatic heterocycles. The predicted molar refractivity (Wildman–Crippen MR) is 99.2 cm³/mol. The summed E-state index contributed by atoms with van der Waals surface area (Å²) in [6, 6.07) is 9.82. The summed E-state index contributed by atoms with van der Waals surface area (Å²) in [7, 11) is -3.43. The highest BCUT2D eigenvalue weighted by Crippen LogP contribution is 2.29. The van der Waals surface area contributed by atoms with E-state index in [4.69, 9.17) is 0 Å². The molecule has 25 heavy (non-hydrogen) atoms. The molecule has 134 valence electrons. The number of non-ortho nitro benzene ring substituents is 1. The number of piperazine rings is 1. The molecule has 0 N–H and O–H groups in total. The molecule has 2 aromatic rings. The predicted octanol–water partition coefficient (Wildman–Crippen LogP) is 2.93. The Morgan fingerprint density at radius 1 is 1.08 bits per heavy atom. The van der Waals surface area contributed by atoms with E-state index in [9.17, 15) is 18.5 Å². The van der Waals surface area contributed by atoms with Gasteiger partial charge in [0.25, 0.3) is 15.7 Å². The zero-order valence-electron chi connectivity index (χ0n) is 13.2. The number of thiophene rings is 1. The fraction of sp³-hybridized carbons (Fsp3) is 0.333. The summed E-state index contributed by atoms with van der Waals surface area (Å²) in [5, 5.41) is 10.7. The smallest absolute Gasteiger partial charge is 0.269 e. The maximum Gasteiger partial charge on any atom is 0.269 e. The molecule has 1 fully saturated rings. The number of benzene rings is 1. The highest BCUT2D eigenvalue weighted by atomic mass is 79.9. The first-order valence-electron chi connectivity index (χ1n) is 7.57. The summed E-state index contributed by atoms with van der Waals surface area (Å²) in [6.07, 6.45) is 0. The molecule has 0 bridgehead atoms. The largest absolute Gasteiger partial charge is 0.296 e. The molecule has 0 amide bonds. The van der Waals surface area contributed by atoms with Gasteiger partial charge in [-0.05, 0) is 33.6 Å². The summed E-state index contributed by atoms with van der Waals surface area (Å²) < 4.78 is 27.9. The third-order valence-corrected chi connectivity index (χ3v) is 8.02. The minimum atomic E-state index is -3.43. The first-order chi connectivity index (χ1) is 11.9. The fourth-order valence-corrected chi connectivity index (χ4v) is 6.26. The molecule has 0 spiro atoms. The van der Waals surface area contributed by atoms with Gasteiger partial charge in [-0.25, -0.2) is 8.42 Å². The lowest BCUT2D eigenvalue weighted by atomic mass is 10.2. The van der Waals surface area contributed by atoms with E-state index < -0.39 is 14.9 Å². The zero-order chi connectivity index (χ0) is 18.0. The van der Waals surface area contributed by atoms with Gasteiger partial charge < -0.3 is 0 Å². The highest BCUT2D eigenvalue weighted by molar-refractivity contribution is 9.11. The molecule has 0 aliphatic carbocycles. The van der Waals surface area contributed by atoms with Gasteiger partial charge in [0, 0.05) is 44.9 Å². The van der Waals surface area contributed by atoms with Gasteiger partial charge in [-0.3, -0.25) is 15.0 Å². The molecule has 2 heterocycles. The highest BCUT2D eigenvalue weighted by Gasteiger charge is 2.29. The Morgan fingerprint density at radius 2 is 1.72 bits per heavy atom. The molecule has 0 unspecified atom stereocenters. The maximum absolute atomic E-state index is 12.6. The second kappa shape index (κ2) is 7.50. The van der Waals surface area contributed by atoms with E-state index in [-0.39, 0.29) is 5.69 Å². The molecule has 0 atom stereocenters. The molecule has 3 rings (SSSR count). The molecular formula is C15H16BrN3O4S2. The van der Waals surface area contributed by atoms with E-state index in [1.54, 1.807) is 24.3 Å². The van der Waals surface area contributed by atoms with Gasteiger partial charge in [0.15, 0.2) is 0 Å². The minimum Gasteiger partial charge on any atom is -0.296 e. The number of nitro groups is 1. The third-order valence-electron chi connectivity index (χ3n) is 4.03. The Morgan fingerprint density at radius 3 is 2.24 bits per heavy atom. The van der Waals surface area contributed by atoms with Gasteiger partial charge >= 0.3 is 0 Å².